The summed E-state index contributed by atoms with van der Waals surface area (Å²) < 4.78 is 5.17. The van der Waals surface area contributed by atoms with Crippen molar-refractivity contribution in [1.29, 1.82) is 0 Å². The van der Waals surface area contributed by atoms with Gasteiger partial charge in [0.2, 0.25) is 0 Å². The number of hydrogen-bond acceptors (Lipinski definition) is 4. The van der Waals surface area contributed by atoms with Gasteiger partial charge in [-0.3, -0.25) is 4.79 Å². The molecule has 0 saturated heterocycles. The Hall–Kier alpha value is -4.24. The number of amides is 1. The fraction of sp³-hybridized carbons (Fsp3) is 0.154. The number of nitrogens with zero attached hydrogens (tertiary/aromatic N) is 1. The minimum absolute atomic E-state index is 0.0835. The maximum Gasteiger partial charge on any atom is 0.335 e. The van der Waals surface area contributed by atoms with Crippen LogP contribution in [0.3, 0.4) is 0 Å². The molecular formula is C26H22N2O4. The lowest BCUT2D eigenvalue weighted by Crippen LogP contribution is -2.39. The van der Waals surface area contributed by atoms with Gasteiger partial charge < -0.3 is 20.1 Å². The number of carbonyl (C=O) groups is 2. The summed E-state index contributed by atoms with van der Waals surface area (Å²) in [4.78, 5) is 25.7. The summed E-state index contributed by atoms with van der Waals surface area (Å²) in [5, 5.41) is 12.3. The summed E-state index contributed by atoms with van der Waals surface area (Å²) in [6.07, 6.45) is 0.603. The molecule has 6 heteroatoms. The van der Waals surface area contributed by atoms with Crippen molar-refractivity contribution < 1.29 is 19.4 Å². The van der Waals surface area contributed by atoms with Crippen molar-refractivity contribution >= 4 is 17.6 Å². The SMILES string of the molecule is COc1ccc(CC#Cc2ccc3c(c2)C(=O)N(Cc2ccc(C(=O)O)cc2)CN3)cc1. The van der Waals surface area contributed by atoms with Gasteiger partial charge in [0.1, 0.15) is 5.75 Å². The molecule has 1 aliphatic heterocycles. The lowest BCUT2D eigenvalue weighted by molar-refractivity contribution is 0.0694. The van der Waals surface area contributed by atoms with E-state index in [1.54, 1.807) is 36.3 Å². The number of nitrogens with one attached hydrogen (secondary N) is 1. The highest BCUT2D eigenvalue weighted by molar-refractivity contribution is 6.01. The van der Waals surface area contributed by atoms with Gasteiger partial charge >= 0.3 is 5.97 Å². The quantitative estimate of drug-likeness (QED) is 0.603. The Morgan fingerprint density at radius 2 is 1.78 bits per heavy atom. The average molecular weight is 426 g/mol. The summed E-state index contributed by atoms with van der Waals surface area (Å²) in [6, 6.07) is 19.9. The number of hydrogen-bond donors (Lipinski definition) is 2. The number of aromatic carboxylic acids is 1. The molecule has 0 fully saturated rings. The van der Waals surface area contributed by atoms with Gasteiger partial charge in [-0.1, -0.05) is 36.1 Å². The largest absolute Gasteiger partial charge is 0.497 e. The van der Waals surface area contributed by atoms with Crippen molar-refractivity contribution in [3.05, 3.63) is 94.5 Å². The van der Waals surface area contributed by atoms with Crippen LogP contribution in [0.4, 0.5) is 5.69 Å². The Labute approximate surface area is 186 Å². The molecule has 3 aromatic carbocycles. The van der Waals surface area contributed by atoms with Crippen LogP contribution in [0.25, 0.3) is 0 Å². The van der Waals surface area contributed by atoms with E-state index in [0.29, 0.717) is 25.2 Å². The van der Waals surface area contributed by atoms with E-state index in [-0.39, 0.29) is 11.5 Å². The number of carboxylic acid groups (broad SMARTS) is 1. The molecule has 0 radical (unpaired) electrons. The number of benzene rings is 3. The van der Waals surface area contributed by atoms with Gasteiger partial charge in [0, 0.05) is 24.2 Å². The van der Waals surface area contributed by atoms with Crippen LogP contribution in [-0.4, -0.2) is 35.7 Å². The zero-order valence-corrected chi connectivity index (χ0v) is 17.6. The third-order valence-corrected chi connectivity index (χ3v) is 5.26. The maximum absolute atomic E-state index is 13.0. The Morgan fingerprint density at radius 1 is 1.06 bits per heavy atom. The van der Waals surface area contributed by atoms with E-state index in [2.05, 4.69) is 17.2 Å². The molecule has 0 bridgehead atoms. The standard InChI is InChI=1S/C26H22N2O4/c1-32-22-12-7-18(8-13-22)3-2-4-19-9-14-24-23(15-19)25(29)28(17-27-24)16-20-5-10-21(11-6-20)26(30)31/h5-15,27H,3,16-17H2,1H3,(H,30,31). The van der Waals surface area contributed by atoms with E-state index in [1.807, 2.05) is 42.5 Å². The van der Waals surface area contributed by atoms with E-state index in [1.165, 1.54) is 0 Å². The molecule has 0 unspecified atom stereocenters. The smallest absolute Gasteiger partial charge is 0.335 e. The minimum atomic E-state index is -0.971. The average Bonchev–Trinajstić information content (AvgIpc) is 2.82. The molecule has 0 aromatic heterocycles. The first kappa shape index (κ1) is 21.0. The lowest BCUT2D eigenvalue weighted by atomic mass is 10.0. The normalized spacial score (nSPS) is 12.3. The Balaban J connectivity index is 1.45. The predicted octanol–water partition coefficient (Wildman–Crippen LogP) is 4.01. The molecule has 1 aliphatic rings. The number of anilines is 1. The molecule has 160 valence electrons. The monoisotopic (exact) mass is 426 g/mol. The second-order valence-electron chi connectivity index (χ2n) is 7.43. The van der Waals surface area contributed by atoms with Crippen molar-refractivity contribution in [2.75, 3.05) is 19.1 Å². The van der Waals surface area contributed by atoms with Crippen LogP contribution < -0.4 is 10.1 Å². The molecule has 1 heterocycles. The third-order valence-electron chi connectivity index (χ3n) is 5.26. The molecule has 32 heavy (non-hydrogen) atoms. The van der Waals surface area contributed by atoms with Crippen LogP contribution in [0.1, 0.15) is 37.4 Å². The second kappa shape index (κ2) is 9.27. The van der Waals surface area contributed by atoms with Crippen LogP contribution in [0.15, 0.2) is 66.7 Å². The first-order valence-electron chi connectivity index (χ1n) is 10.1. The maximum atomic E-state index is 13.0. The van der Waals surface area contributed by atoms with Gasteiger partial charge in [0.15, 0.2) is 0 Å². The highest BCUT2D eigenvalue weighted by atomic mass is 16.5. The van der Waals surface area contributed by atoms with Crippen LogP contribution in [0.2, 0.25) is 0 Å². The summed E-state index contributed by atoms with van der Waals surface area (Å²) in [7, 11) is 1.64. The number of carboxylic acids is 1. The van der Waals surface area contributed by atoms with E-state index < -0.39 is 5.97 Å². The topological polar surface area (TPSA) is 78.9 Å². The molecule has 2 N–H and O–H groups in total. The fourth-order valence-corrected chi connectivity index (χ4v) is 3.47. The highest BCUT2D eigenvalue weighted by Crippen LogP contribution is 2.24. The third kappa shape index (κ3) is 4.73. The second-order valence-corrected chi connectivity index (χ2v) is 7.43. The van der Waals surface area contributed by atoms with E-state index in [4.69, 9.17) is 9.84 Å². The first-order chi connectivity index (χ1) is 15.5. The summed E-state index contributed by atoms with van der Waals surface area (Å²) in [5.74, 6) is 6.05. The van der Waals surface area contributed by atoms with Gasteiger partial charge in [-0.15, -0.1) is 0 Å². The van der Waals surface area contributed by atoms with Gasteiger partial charge in [-0.05, 0) is 53.6 Å². The zero-order chi connectivity index (χ0) is 22.5. The number of fused-ring (bicyclic) bond motifs is 1. The first-order valence-corrected chi connectivity index (χ1v) is 10.1. The minimum Gasteiger partial charge on any atom is -0.497 e. The molecule has 0 spiro atoms. The van der Waals surface area contributed by atoms with E-state index in [9.17, 15) is 9.59 Å². The van der Waals surface area contributed by atoms with Crippen LogP contribution in [0.5, 0.6) is 5.75 Å². The van der Waals surface area contributed by atoms with Crippen LogP contribution in [-0.2, 0) is 13.0 Å². The van der Waals surface area contributed by atoms with Crippen LogP contribution in [0, 0.1) is 11.8 Å². The summed E-state index contributed by atoms with van der Waals surface area (Å²) >= 11 is 0. The Kier molecular flexibility index (Phi) is 6.09. The number of rotatable bonds is 5. The highest BCUT2D eigenvalue weighted by Gasteiger charge is 2.24. The fourth-order valence-electron chi connectivity index (χ4n) is 3.47. The van der Waals surface area contributed by atoms with E-state index in [0.717, 1.165) is 28.1 Å². The lowest BCUT2D eigenvalue weighted by Gasteiger charge is -2.30. The summed E-state index contributed by atoms with van der Waals surface area (Å²) in [6.45, 7) is 0.771. The number of ether oxygens (including phenoxy) is 1. The summed E-state index contributed by atoms with van der Waals surface area (Å²) in [5.41, 5.74) is 4.32. The van der Waals surface area contributed by atoms with Crippen LogP contribution >= 0.6 is 0 Å². The number of methoxy groups -OCH3 is 1. The Bertz CT molecular complexity index is 1210. The molecule has 0 saturated carbocycles. The molecule has 3 aromatic rings. The number of carbonyl (C=O) groups excluding carboxylic acids is 1. The molecule has 0 atom stereocenters. The van der Waals surface area contributed by atoms with Crippen molar-refractivity contribution in [2.24, 2.45) is 0 Å². The van der Waals surface area contributed by atoms with Crippen molar-refractivity contribution in [3.8, 4) is 17.6 Å². The van der Waals surface area contributed by atoms with Crippen molar-refractivity contribution in [1.82, 2.24) is 4.90 Å². The zero-order valence-electron chi connectivity index (χ0n) is 17.6. The predicted molar refractivity (Wildman–Crippen MR) is 122 cm³/mol. The molecule has 0 aliphatic carbocycles. The Morgan fingerprint density at radius 3 is 2.47 bits per heavy atom. The van der Waals surface area contributed by atoms with Gasteiger partial charge in [-0.2, -0.15) is 0 Å². The van der Waals surface area contributed by atoms with Crippen molar-refractivity contribution in [3.63, 3.8) is 0 Å². The van der Waals surface area contributed by atoms with Gasteiger partial charge in [0.05, 0.1) is 24.9 Å². The molecule has 1 amide bonds. The molecule has 6 nitrogen and oxygen atoms in total. The molecular weight excluding hydrogens is 404 g/mol. The van der Waals surface area contributed by atoms with E-state index >= 15 is 0 Å². The van der Waals surface area contributed by atoms with Gasteiger partial charge in [0.25, 0.3) is 5.91 Å². The molecule has 4 rings (SSSR count). The van der Waals surface area contributed by atoms with Gasteiger partial charge in [-0.25, -0.2) is 4.79 Å². The van der Waals surface area contributed by atoms with Crippen molar-refractivity contribution in [2.45, 2.75) is 13.0 Å².